The van der Waals surface area contributed by atoms with Crippen molar-refractivity contribution in [1.29, 1.82) is 0 Å². The van der Waals surface area contributed by atoms with Crippen molar-refractivity contribution in [3.8, 4) is 0 Å². The molecular weight excluding hydrogens is 262 g/mol. The zero-order chi connectivity index (χ0) is 14.9. The maximum absolute atomic E-state index is 5.28. The van der Waals surface area contributed by atoms with Crippen molar-refractivity contribution in [3.05, 3.63) is 59.5 Å². The topological polar surface area (TPSA) is 49.6 Å². The predicted octanol–water partition coefficient (Wildman–Crippen LogP) is 2.89. The Hall–Kier alpha value is -2.23. The second-order valence-electron chi connectivity index (χ2n) is 4.94. The van der Waals surface area contributed by atoms with Gasteiger partial charge in [0.15, 0.2) is 5.96 Å². The van der Waals surface area contributed by atoms with Gasteiger partial charge in [-0.2, -0.15) is 0 Å². The first-order valence-corrected chi connectivity index (χ1v) is 7.38. The van der Waals surface area contributed by atoms with Crippen molar-refractivity contribution in [2.75, 3.05) is 13.1 Å². The van der Waals surface area contributed by atoms with Crippen LogP contribution in [-0.2, 0) is 13.0 Å². The second kappa shape index (κ2) is 8.15. The van der Waals surface area contributed by atoms with Gasteiger partial charge in [-0.05, 0) is 38.0 Å². The fraction of sp³-hybridized carbons (Fsp3) is 0.353. The summed E-state index contributed by atoms with van der Waals surface area (Å²) in [6, 6.07) is 12.4. The van der Waals surface area contributed by atoms with Crippen molar-refractivity contribution >= 4 is 5.96 Å². The number of aliphatic imine (C=N–C) groups is 1. The molecule has 0 radical (unpaired) electrons. The lowest BCUT2D eigenvalue weighted by Gasteiger charge is -2.11. The number of nitrogens with one attached hydrogen (secondary N) is 2. The van der Waals surface area contributed by atoms with E-state index in [0.717, 1.165) is 31.2 Å². The molecule has 1 aromatic carbocycles. The Bertz CT molecular complexity index is 544. The van der Waals surface area contributed by atoms with Crippen LogP contribution in [0.1, 0.15) is 23.8 Å². The minimum absolute atomic E-state index is 0.548. The van der Waals surface area contributed by atoms with Crippen molar-refractivity contribution in [2.24, 2.45) is 4.99 Å². The monoisotopic (exact) mass is 285 g/mol. The van der Waals surface area contributed by atoms with Gasteiger partial charge in [-0.1, -0.05) is 29.8 Å². The number of benzene rings is 1. The van der Waals surface area contributed by atoms with Gasteiger partial charge < -0.3 is 15.1 Å². The lowest BCUT2D eigenvalue weighted by atomic mass is 10.1. The van der Waals surface area contributed by atoms with E-state index in [1.807, 2.05) is 12.1 Å². The SMILES string of the molecule is CCNC(=NCc1ccco1)NCCc1ccc(C)cc1. The molecule has 4 heteroatoms. The van der Waals surface area contributed by atoms with Crippen LogP contribution in [0.15, 0.2) is 52.1 Å². The molecule has 0 saturated heterocycles. The number of nitrogens with zero attached hydrogens (tertiary/aromatic N) is 1. The van der Waals surface area contributed by atoms with E-state index in [-0.39, 0.29) is 0 Å². The Morgan fingerprint density at radius 3 is 2.62 bits per heavy atom. The predicted molar refractivity (Wildman–Crippen MR) is 86.4 cm³/mol. The Kier molecular flexibility index (Phi) is 5.88. The van der Waals surface area contributed by atoms with E-state index >= 15 is 0 Å². The zero-order valence-corrected chi connectivity index (χ0v) is 12.7. The Labute approximate surface area is 126 Å². The third-order valence-corrected chi connectivity index (χ3v) is 3.14. The summed E-state index contributed by atoms with van der Waals surface area (Å²) in [4.78, 5) is 4.50. The summed E-state index contributed by atoms with van der Waals surface area (Å²) >= 11 is 0. The van der Waals surface area contributed by atoms with E-state index < -0.39 is 0 Å². The van der Waals surface area contributed by atoms with E-state index in [4.69, 9.17) is 4.42 Å². The van der Waals surface area contributed by atoms with Crippen LogP contribution in [0.25, 0.3) is 0 Å². The first-order chi connectivity index (χ1) is 10.3. The summed E-state index contributed by atoms with van der Waals surface area (Å²) in [5.74, 6) is 1.69. The third kappa shape index (κ3) is 5.34. The molecule has 2 aromatic rings. The Balaban J connectivity index is 1.82. The molecule has 0 bridgehead atoms. The molecule has 2 rings (SSSR count). The molecule has 0 aliphatic rings. The lowest BCUT2D eigenvalue weighted by molar-refractivity contribution is 0.512. The molecule has 0 fully saturated rings. The van der Waals surface area contributed by atoms with Crippen LogP contribution in [0.3, 0.4) is 0 Å². The average Bonchev–Trinajstić information content (AvgIpc) is 3.00. The molecule has 112 valence electrons. The standard InChI is InChI=1S/C17H23N3O/c1-3-18-17(20-13-16-5-4-12-21-16)19-11-10-15-8-6-14(2)7-9-15/h4-9,12H,3,10-11,13H2,1-2H3,(H2,18,19,20). The van der Waals surface area contributed by atoms with E-state index in [0.29, 0.717) is 6.54 Å². The molecule has 1 aromatic heterocycles. The lowest BCUT2D eigenvalue weighted by Crippen LogP contribution is -2.38. The van der Waals surface area contributed by atoms with Gasteiger partial charge in [0, 0.05) is 13.1 Å². The maximum Gasteiger partial charge on any atom is 0.191 e. The van der Waals surface area contributed by atoms with Crippen molar-refractivity contribution in [2.45, 2.75) is 26.8 Å². The van der Waals surface area contributed by atoms with Crippen LogP contribution >= 0.6 is 0 Å². The minimum atomic E-state index is 0.548. The molecule has 4 nitrogen and oxygen atoms in total. The average molecular weight is 285 g/mol. The molecule has 0 aliphatic heterocycles. The van der Waals surface area contributed by atoms with Crippen LogP contribution in [0, 0.1) is 6.92 Å². The van der Waals surface area contributed by atoms with Gasteiger partial charge in [0.25, 0.3) is 0 Å². The van der Waals surface area contributed by atoms with Crippen LogP contribution in [-0.4, -0.2) is 19.0 Å². The van der Waals surface area contributed by atoms with Gasteiger partial charge in [-0.25, -0.2) is 4.99 Å². The first-order valence-electron chi connectivity index (χ1n) is 7.38. The summed E-state index contributed by atoms with van der Waals surface area (Å²) < 4.78 is 5.28. The van der Waals surface area contributed by atoms with E-state index in [1.165, 1.54) is 11.1 Å². The molecule has 0 amide bonds. The highest BCUT2D eigenvalue weighted by atomic mass is 16.3. The first kappa shape index (κ1) is 15.2. The van der Waals surface area contributed by atoms with Crippen LogP contribution in [0.2, 0.25) is 0 Å². The van der Waals surface area contributed by atoms with Gasteiger partial charge in [0.1, 0.15) is 12.3 Å². The van der Waals surface area contributed by atoms with Crippen molar-refractivity contribution in [1.82, 2.24) is 10.6 Å². The highest BCUT2D eigenvalue weighted by Crippen LogP contribution is 2.03. The number of rotatable bonds is 6. The van der Waals surface area contributed by atoms with Crippen LogP contribution in [0.5, 0.6) is 0 Å². The number of furan rings is 1. The fourth-order valence-corrected chi connectivity index (χ4v) is 1.98. The van der Waals surface area contributed by atoms with Gasteiger partial charge in [0.05, 0.1) is 6.26 Å². The van der Waals surface area contributed by atoms with Crippen LogP contribution in [0.4, 0.5) is 0 Å². The molecule has 2 N–H and O–H groups in total. The highest BCUT2D eigenvalue weighted by Gasteiger charge is 1.99. The molecule has 0 aliphatic carbocycles. The smallest absolute Gasteiger partial charge is 0.191 e. The van der Waals surface area contributed by atoms with Gasteiger partial charge >= 0.3 is 0 Å². The van der Waals surface area contributed by atoms with E-state index in [9.17, 15) is 0 Å². The molecular formula is C17H23N3O. The molecule has 21 heavy (non-hydrogen) atoms. The van der Waals surface area contributed by atoms with E-state index in [1.54, 1.807) is 6.26 Å². The fourth-order valence-electron chi connectivity index (χ4n) is 1.98. The largest absolute Gasteiger partial charge is 0.467 e. The minimum Gasteiger partial charge on any atom is -0.467 e. The maximum atomic E-state index is 5.28. The van der Waals surface area contributed by atoms with Crippen molar-refractivity contribution < 1.29 is 4.42 Å². The quantitative estimate of drug-likeness (QED) is 0.634. The molecule has 0 spiro atoms. The summed E-state index contributed by atoms with van der Waals surface area (Å²) in [5.41, 5.74) is 2.62. The zero-order valence-electron chi connectivity index (χ0n) is 12.7. The number of aryl methyl sites for hydroxylation is 1. The number of guanidine groups is 1. The Morgan fingerprint density at radius 1 is 1.14 bits per heavy atom. The summed E-state index contributed by atoms with van der Waals surface area (Å²) in [5, 5.41) is 6.58. The van der Waals surface area contributed by atoms with Crippen LogP contribution < -0.4 is 10.6 Å². The Morgan fingerprint density at radius 2 is 1.95 bits per heavy atom. The molecule has 0 unspecified atom stereocenters. The normalized spacial score (nSPS) is 11.4. The van der Waals surface area contributed by atoms with Gasteiger partial charge in [0.2, 0.25) is 0 Å². The summed E-state index contributed by atoms with van der Waals surface area (Å²) in [6.07, 6.45) is 2.65. The summed E-state index contributed by atoms with van der Waals surface area (Å²) in [6.45, 7) is 6.41. The second-order valence-corrected chi connectivity index (χ2v) is 4.94. The molecule has 0 atom stereocenters. The summed E-state index contributed by atoms with van der Waals surface area (Å²) in [7, 11) is 0. The molecule has 1 heterocycles. The number of hydrogen-bond donors (Lipinski definition) is 2. The van der Waals surface area contributed by atoms with Gasteiger partial charge in [-0.15, -0.1) is 0 Å². The van der Waals surface area contributed by atoms with Gasteiger partial charge in [-0.3, -0.25) is 0 Å². The van der Waals surface area contributed by atoms with E-state index in [2.05, 4.69) is 53.7 Å². The molecule has 0 saturated carbocycles. The third-order valence-electron chi connectivity index (χ3n) is 3.14. The highest BCUT2D eigenvalue weighted by molar-refractivity contribution is 5.79. The van der Waals surface area contributed by atoms with Crippen molar-refractivity contribution in [3.63, 3.8) is 0 Å². The number of hydrogen-bond acceptors (Lipinski definition) is 2.